The Hall–Kier alpha value is -3.92. The van der Waals surface area contributed by atoms with Crippen LogP contribution in [0.25, 0.3) is 10.8 Å². The SMILES string of the molecule is CCCc1cc(C(O)(C(F)(F)F)C(F)(F)F)ccc1Oc1cc(CN2C(=O)NC(C)(c3ccc4ccccc4c3)C2=O)c(I)cn1. The minimum atomic E-state index is -6.03. The fourth-order valence-electron chi connectivity index (χ4n) is 5.31. The number of aromatic nitrogens is 1. The normalized spacial score (nSPS) is 17.5. The minimum Gasteiger partial charge on any atom is -0.439 e. The average molecular weight is 757 g/mol. The summed E-state index contributed by atoms with van der Waals surface area (Å²) in [5, 5.41) is 14.5. The maximum absolute atomic E-state index is 13.6. The van der Waals surface area contributed by atoms with Crippen molar-refractivity contribution in [3.8, 4) is 11.6 Å². The second-order valence-corrected chi connectivity index (χ2v) is 12.2. The molecule has 14 heteroatoms. The van der Waals surface area contributed by atoms with E-state index in [9.17, 15) is 41.0 Å². The first kappa shape index (κ1) is 33.4. The number of nitrogens with one attached hydrogen (secondary N) is 1. The van der Waals surface area contributed by atoms with Gasteiger partial charge in [-0.15, -0.1) is 0 Å². The van der Waals surface area contributed by atoms with Crippen LogP contribution in [0.4, 0.5) is 31.1 Å². The molecule has 242 valence electrons. The molecule has 1 unspecified atom stereocenters. The second kappa shape index (κ2) is 12.0. The third-order valence-corrected chi connectivity index (χ3v) is 8.84. The number of aliphatic hydroxyl groups is 1. The Morgan fingerprint density at radius 3 is 2.26 bits per heavy atom. The van der Waals surface area contributed by atoms with Crippen LogP contribution in [-0.2, 0) is 28.9 Å². The number of imide groups is 1. The molecule has 0 spiro atoms. The van der Waals surface area contributed by atoms with Crippen molar-refractivity contribution in [2.75, 3.05) is 0 Å². The molecule has 3 amide bonds. The van der Waals surface area contributed by atoms with E-state index in [0.29, 0.717) is 33.3 Å². The average Bonchev–Trinajstić information content (AvgIpc) is 3.21. The molecule has 7 nitrogen and oxygen atoms in total. The molecule has 2 heterocycles. The molecule has 0 saturated carbocycles. The number of fused-ring (bicyclic) bond motifs is 1. The number of hydrogen-bond acceptors (Lipinski definition) is 5. The highest BCUT2D eigenvalue weighted by atomic mass is 127. The molecule has 0 aliphatic carbocycles. The summed E-state index contributed by atoms with van der Waals surface area (Å²) in [7, 11) is 0. The zero-order valence-corrected chi connectivity index (χ0v) is 26.4. The number of urea groups is 1. The van der Waals surface area contributed by atoms with Gasteiger partial charge < -0.3 is 15.2 Å². The van der Waals surface area contributed by atoms with Gasteiger partial charge in [-0.05, 0) is 81.6 Å². The maximum Gasteiger partial charge on any atom is 0.430 e. The third kappa shape index (κ3) is 5.87. The van der Waals surface area contributed by atoms with Crippen molar-refractivity contribution in [1.82, 2.24) is 15.2 Å². The van der Waals surface area contributed by atoms with Gasteiger partial charge in [0.15, 0.2) is 0 Å². The van der Waals surface area contributed by atoms with E-state index < -0.39 is 41.0 Å². The number of carbonyl (C=O) groups excluding carboxylic acids is 2. The molecule has 2 N–H and O–H groups in total. The molecular formula is C32H26F6IN3O4. The highest BCUT2D eigenvalue weighted by molar-refractivity contribution is 14.1. The van der Waals surface area contributed by atoms with Gasteiger partial charge in [0.25, 0.3) is 11.5 Å². The highest BCUT2D eigenvalue weighted by Gasteiger charge is 2.71. The molecular weight excluding hydrogens is 731 g/mol. The third-order valence-electron chi connectivity index (χ3n) is 7.87. The van der Waals surface area contributed by atoms with Gasteiger partial charge in [0.2, 0.25) is 5.88 Å². The molecule has 1 fully saturated rings. The number of hydrogen-bond donors (Lipinski definition) is 2. The van der Waals surface area contributed by atoms with Crippen molar-refractivity contribution in [2.24, 2.45) is 0 Å². The van der Waals surface area contributed by atoms with E-state index in [0.717, 1.165) is 21.7 Å². The predicted molar refractivity (Wildman–Crippen MR) is 164 cm³/mol. The number of ether oxygens (including phenoxy) is 1. The van der Waals surface area contributed by atoms with Crippen LogP contribution in [0.3, 0.4) is 0 Å². The predicted octanol–water partition coefficient (Wildman–Crippen LogP) is 7.86. The standard InChI is InChI=1S/C32H26F6IN3O4/c1-3-6-20-14-23(30(45,31(33,34)35)32(36,37)38)11-12-25(20)46-26-15-21(24(39)16-40-26)17-42-27(43)29(2,41-28(42)44)22-10-9-18-7-4-5-8-19(18)13-22/h4-5,7-16,45H,3,6,17H2,1-2H3,(H,41,44). The van der Waals surface area contributed by atoms with Crippen molar-refractivity contribution >= 4 is 45.3 Å². The van der Waals surface area contributed by atoms with E-state index in [-0.39, 0.29) is 30.2 Å². The smallest absolute Gasteiger partial charge is 0.430 e. The maximum atomic E-state index is 13.6. The van der Waals surface area contributed by atoms with E-state index in [1.807, 2.05) is 59.0 Å². The van der Waals surface area contributed by atoms with Crippen molar-refractivity contribution in [2.45, 2.75) is 56.7 Å². The number of amides is 3. The Kier molecular flexibility index (Phi) is 8.74. The Bertz CT molecular complexity index is 1820. The lowest BCUT2D eigenvalue weighted by molar-refractivity contribution is -0.376. The van der Waals surface area contributed by atoms with Crippen LogP contribution >= 0.6 is 22.6 Å². The van der Waals surface area contributed by atoms with Crippen LogP contribution in [0, 0.1) is 3.57 Å². The van der Waals surface area contributed by atoms with Crippen LogP contribution in [-0.4, -0.2) is 39.3 Å². The molecule has 5 rings (SSSR count). The number of alkyl halides is 6. The number of carbonyl (C=O) groups is 2. The molecule has 1 aromatic heterocycles. The summed E-state index contributed by atoms with van der Waals surface area (Å²) in [5.41, 5.74) is -6.80. The lowest BCUT2D eigenvalue weighted by Gasteiger charge is -2.33. The van der Waals surface area contributed by atoms with Gasteiger partial charge >= 0.3 is 18.4 Å². The van der Waals surface area contributed by atoms with Crippen LogP contribution in [0.5, 0.6) is 11.6 Å². The lowest BCUT2D eigenvalue weighted by Crippen LogP contribution is -2.53. The zero-order chi connectivity index (χ0) is 33.7. The summed E-state index contributed by atoms with van der Waals surface area (Å²) in [6.07, 6.45) is -10.3. The second-order valence-electron chi connectivity index (χ2n) is 11.0. The molecule has 0 radical (unpaired) electrons. The van der Waals surface area contributed by atoms with Gasteiger partial charge in [-0.25, -0.2) is 9.78 Å². The van der Waals surface area contributed by atoms with E-state index in [1.54, 1.807) is 19.9 Å². The lowest BCUT2D eigenvalue weighted by atomic mass is 9.90. The molecule has 4 aromatic rings. The topological polar surface area (TPSA) is 91.8 Å². The largest absolute Gasteiger partial charge is 0.439 e. The van der Waals surface area contributed by atoms with Crippen molar-refractivity contribution in [1.29, 1.82) is 0 Å². The summed E-state index contributed by atoms with van der Waals surface area (Å²) in [6.45, 7) is 3.11. The van der Waals surface area contributed by atoms with Crippen LogP contribution in [0.2, 0.25) is 0 Å². The molecule has 46 heavy (non-hydrogen) atoms. The van der Waals surface area contributed by atoms with Gasteiger partial charge in [0.05, 0.1) is 6.54 Å². The van der Waals surface area contributed by atoms with Crippen LogP contribution in [0.1, 0.15) is 42.5 Å². The molecule has 3 aromatic carbocycles. The summed E-state index contributed by atoms with van der Waals surface area (Å²) >= 11 is 1.96. The Balaban J connectivity index is 1.42. The summed E-state index contributed by atoms with van der Waals surface area (Å²) in [5.74, 6) is -0.645. The summed E-state index contributed by atoms with van der Waals surface area (Å²) in [4.78, 5) is 31.9. The number of rotatable bonds is 8. The minimum absolute atomic E-state index is 0.0194. The first-order chi connectivity index (χ1) is 21.5. The number of benzene rings is 3. The molecule has 1 atom stereocenters. The monoisotopic (exact) mass is 757 g/mol. The number of aryl methyl sites for hydroxylation is 1. The van der Waals surface area contributed by atoms with Gasteiger partial charge in [-0.2, -0.15) is 26.3 Å². The van der Waals surface area contributed by atoms with Gasteiger partial charge in [-0.3, -0.25) is 9.69 Å². The van der Waals surface area contributed by atoms with E-state index >= 15 is 0 Å². The van der Waals surface area contributed by atoms with Crippen LogP contribution in [0.15, 0.2) is 72.9 Å². The summed E-state index contributed by atoms with van der Waals surface area (Å²) in [6, 6.07) is 15.9. The fourth-order valence-corrected chi connectivity index (χ4v) is 5.78. The highest BCUT2D eigenvalue weighted by Crippen LogP contribution is 2.50. The first-order valence-electron chi connectivity index (χ1n) is 13.9. The summed E-state index contributed by atoms with van der Waals surface area (Å²) < 4.78 is 87.3. The Labute approximate surface area is 272 Å². The molecule has 0 bridgehead atoms. The van der Waals surface area contributed by atoms with E-state index in [1.165, 1.54) is 12.3 Å². The Morgan fingerprint density at radius 1 is 0.935 bits per heavy atom. The Morgan fingerprint density at radius 2 is 1.61 bits per heavy atom. The number of pyridine rings is 1. The quantitative estimate of drug-likeness (QED) is 0.109. The molecule has 1 aliphatic rings. The fraction of sp³-hybridized carbons (Fsp3) is 0.281. The van der Waals surface area contributed by atoms with Gasteiger partial charge in [0.1, 0.15) is 11.3 Å². The van der Waals surface area contributed by atoms with E-state index in [2.05, 4.69) is 10.3 Å². The number of halogens is 7. The van der Waals surface area contributed by atoms with Gasteiger partial charge in [0, 0.05) is 21.4 Å². The zero-order valence-electron chi connectivity index (χ0n) is 24.3. The van der Waals surface area contributed by atoms with Crippen molar-refractivity contribution in [3.63, 3.8) is 0 Å². The van der Waals surface area contributed by atoms with Crippen molar-refractivity contribution in [3.05, 3.63) is 98.8 Å². The van der Waals surface area contributed by atoms with E-state index in [4.69, 9.17) is 4.74 Å². The van der Waals surface area contributed by atoms with Crippen molar-refractivity contribution < 1.29 is 45.8 Å². The van der Waals surface area contributed by atoms with Gasteiger partial charge in [-0.1, -0.05) is 55.8 Å². The van der Waals surface area contributed by atoms with Crippen LogP contribution < -0.4 is 10.1 Å². The molecule has 1 saturated heterocycles. The first-order valence-corrected chi connectivity index (χ1v) is 15.0. The molecule has 1 aliphatic heterocycles. The number of nitrogens with zero attached hydrogens (tertiary/aromatic N) is 2.